The number of ether oxygens (including phenoxy) is 1. The average Bonchev–Trinajstić information content (AvgIpc) is 2.14. The number of benzene rings is 1. The van der Waals surface area contributed by atoms with Gasteiger partial charge in [0.2, 0.25) is 5.91 Å². The van der Waals surface area contributed by atoms with Crippen LogP contribution in [0.3, 0.4) is 0 Å². The Labute approximate surface area is 89.2 Å². The minimum absolute atomic E-state index is 0.127. The highest BCUT2D eigenvalue weighted by molar-refractivity contribution is 9.10. The molecule has 0 saturated heterocycles. The number of amides is 1. The summed E-state index contributed by atoms with van der Waals surface area (Å²) >= 11 is 3.02. The second-order valence-corrected chi connectivity index (χ2v) is 3.54. The lowest BCUT2D eigenvalue weighted by molar-refractivity contribution is 0.0999. The molecule has 0 aliphatic carbocycles. The molecule has 1 rings (SSSR count). The smallest absolute Gasteiger partial charge is 0.249 e. The van der Waals surface area contributed by atoms with E-state index in [0.29, 0.717) is 0 Å². The monoisotopic (exact) mass is 261 g/mol. The number of hydrogen-bond donors (Lipinski definition) is 1. The summed E-state index contributed by atoms with van der Waals surface area (Å²) in [7, 11) is 1.39. The zero-order valence-electron chi connectivity index (χ0n) is 7.73. The van der Waals surface area contributed by atoms with Gasteiger partial charge in [-0.05, 0) is 34.5 Å². The van der Waals surface area contributed by atoms with Crippen molar-refractivity contribution in [3.8, 4) is 5.75 Å². The van der Waals surface area contributed by atoms with E-state index in [2.05, 4.69) is 15.9 Å². The molecule has 0 aliphatic heterocycles. The quantitative estimate of drug-likeness (QED) is 0.886. The van der Waals surface area contributed by atoms with Gasteiger partial charge in [0.05, 0.1) is 11.6 Å². The van der Waals surface area contributed by atoms with Crippen LogP contribution in [0, 0.1) is 12.7 Å². The molecule has 0 atom stereocenters. The Morgan fingerprint density at radius 3 is 2.64 bits per heavy atom. The second-order valence-electron chi connectivity index (χ2n) is 2.74. The predicted octanol–water partition coefficient (Wildman–Crippen LogP) is 2.00. The summed E-state index contributed by atoms with van der Waals surface area (Å²) in [6, 6.07) is 1.41. The number of nitrogens with two attached hydrogens (primary N) is 1. The van der Waals surface area contributed by atoms with Gasteiger partial charge in [-0.1, -0.05) is 0 Å². The van der Waals surface area contributed by atoms with Gasteiger partial charge in [-0.25, -0.2) is 4.39 Å². The average molecular weight is 262 g/mol. The van der Waals surface area contributed by atoms with E-state index in [1.54, 1.807) is 0 Å². The zero-order chi connectivity index (χ0) is 10.9. The fraction of sp³-hybridized carbons (Fsp3) is 0.222. The van der Waals surface area contributed by atoms with Crippen LogP contribution in [0.2, 0.25) is 0 Å². The van der Waals surface area contributed by atoms with E-state index in [0.717, 1.165) is 0 Å². The molecule has 14 heavy (non-hydrogen) atoms. The molecule has 0 unspecified atom stereocenters. The van der Waals surface area contributed by atoms with Crippen LogP contribution in [0.4, 0.5) is 4.39 Å². The van der Waals surface area contributed by atoms with Gasteiger partial charge < -0.3 is 10.5 Å². The highest BCUT2D eigenvalue weighted by Gasteiger charge is 2.16. The van der Waals surface area contributed by atoms with Crippen molar-refractivity contribution in [3.05, 3.63) is 27.5 Å². The number of primary amides is 1. The maximum Gasteiger partial charge on any atom is 0.249 e. The molecule has 0 saturated carbocycles. The molecule has 0 aliphatic rings. The van der Waals surface area contributed by atoms with Crippen LogP contribution in [0.15, 0.2) is 10.5 Å². The molecule has 0 heterocycles. The van der Waals surface area contributed by atoms with Gasteiger partial charge in [0.25, 0.3) is 0 Å². The first kappa shape index (κ1) is 11.0. The summed E-state index contributed by atoms with van der Waals surface area (Å²) < 4.78 is 18.5. The van der Waals surface area contributed by atoms with Gasteiger partial charge in [0, 0.05) is 5.56 Å². The minimum Gasteiger partial charge on any atom is -0.495 e. The van der Waals surface area contributed by atoms with Gasteiger partial charge in [0.1, 0.15) is 11.6 Å². The van der Waals surface area contributed by atoms with E-state index in [9.17, 15) is 9.18 Å². The lowest BCUT2D eigenvalue weighted by Gasteiger charge is -2.09. The van der Waals surface area contributed by atoms with Gasteiger partial charge in [-0.3, -0.25) is 4.79 Å². The standard InChI is InChI=1S/C9H9BrFNO2/c1-4-5(9(12)13)3-6(14-2)7(10)8(4)11/h3H,1-2H3,(H2,12,13). The maximum atomic E-state index is 13.5. The largest absolute Gasteiger partial charge is 0.495 e. The molecular weight excluding hydrogens is 253 g/mol. The normalized spacial score (nSPS) is 10.0. The first-order chi connectivity index (χ1) is 6.49. The molecule has 3 nitrogen and oxygen atoms in total. The van der Waals surface area contributed by atoms with Crippen LogP contribution in [0.25, 0.3) is 0 Å². The third-order valence-corrected chi connectivity index (χ3v) is 2.64. The zero-order valence-corrected chi connectivity index (χ0v) is 9.31. The van der Waals surface area contributed by atoms with Crippen molar-refractivity contribution < 1.29 is 13.9 Å². The first-order valence-electron chi connectivity index (χ1n) is 3.81. The number of carbonyl (C=O) groups is 1. The van der Waals surface area contributed by atoms with Gasteiger partial charge in [0.15, 0.2) is 0 Å². The van der Waals surface area contributed by atoms with Gasteiger partial charge in [-0.15, -0.1) is 0 Å². The summed E-state index contributed by atoms with van der Waals surface area (Å²) in [4.78, 5) is 10.9. The summed E-state index contributed by atoms with van der Waals surface area (Å²) in [5, 5.41) is 0. The molecular formula is C9H9BrFNO2. The highest BCUT2D eigenvalue weighted by atomic mass is 79.9. The summed E-state index contributed by atoms with van der Waals surface area (Å²) in [6.07, 6.45) is 0. The van der Waals surface area contributed by atoms with Crippen LogP contribution >= 0.6 is 15.9 Å². The number of methoxy groups -OCH3 is 1. The lowest BCUT2D eigenvalue weighted by atomic mass is 10.1. The van der Waals surface area contributed by atoms with Gasteiger partial charge in [-0.2, -0.15) is 0 Å². The molecule has 0 fully saturated rings. The molecule has 0 aromatic heterocycles. The molecule has 1 aromatic rings. The van der Waals surface area contributed by atoms with Gasteiger partial charge >= 0.3 is 0 Å². The molecule has 0 bridgehead atoms. The highest BCUT2D eigenvalue weighted by Crippen LogP contribution is 2.31. The molecule has 2 N–H and O–H groups in total. The van der Waals surface area contributed by atoms with E-state index < -0.39 is 11.7 Å². The van der Waals surface area contributed by atoms with E-state index in [-0.39, 0.29) is 21.3 Å². The Morgan fingerprint density at radius 2 is 2.21 bits per heavy atom. The van der Waals surface area contributed by atoms with E-state index in [1.165, 1.54) is 20.1 Å². The van der Waals surface area contributed by atoms with Crippen LogP contribution < -0.4 is 10.5 Å². The summed E-state index contributed by atoms with van der Waals surface area (Å²) in [5.41, 5.74) is 5.42. The lowest BCUT2D eigenvalue weighted by Crippen LogP contribution is -2.14. The topological polar surface area (TPSA) is 52.3 Å². The van der Waals surface area contributed by atoms with Crippen molar-refractivity contribution in [3.63, 3.8) is 0 Å². The fourth-order valence-electron chi connectivity index (χ4n) is 1.10. The Hall–Kier alpha value is -1.10. The van der Waals surface area contributed by atoms with E-state index in [1.807, 2.05) is 0 Å². The Balaban J connectivity index is 3.48. The molecule has 1 aromatic carbocycles. The van der Waals surface area contributed by atoms with Crippen molar-refractivity contribution in [1.82, 2.24) is 0 Å². The molecule has 0 radical (unpaired) electrons. The third-order valence-electron chi connectivity index (χ3n) is 1.90. The Morgan fingerprint density at radius 1 is 1.64 bits per heavy atom. The fourth-order valence-corrected chi connectivity index (χ4v) is 1.67. The number of halogens is 2. The first-order valence-corrected chi connectivity index (χ1v) is 4.60. The Kier molecular flexibility index (Phi) is 3.10. The van der Waals surface area contributed by atoms with Crippen molar-refractivity contribution in [2.45, 2.75) is 6.92 Å². The number of rotatable bonds is 2. The van der Waals surface area contributed by atoms with Crippen LogP contribution in [-0.2, 0) is 0 Å². The van der Waals surface area contributed by atoms with Crippen molar-refractivity contribution in [1.29, 1.82) is 0 Å². The summed E-state index contributed by atoms with van der Waals surface area (Å²) in [5.74, 6) is -0.952. The van der Waals surface area contributed by atoms with Crippen molar-refractivity contribution >= 4 is 21.8 Å². The SMILES string of the molecule is COc1cc(C(N)=O)c(C)c(F)c1Br. The maximum absolute atomic E-state index is 13.5. The summed E-state index contributed by atoms with van der Waals surface area (Å²) in [6.45, 7) is 1.49. The van der Waals surface area contributed by atoms with Crippen molar-refractivity contribution in [2.75, 3.05) is 7.11 Å². The van der Waals surface area contributed by atoms with Crippen molar-refractivity contribution in [2.24, 2.45) is 5.73 Å². The third kappa shape index (κ3) is 1.72. The van der Waals surface area contributed by atoms with Crippen LogP contribution in [0.1, 0.15) is 15.9 Å². The van der Waals surface area contributed by atoms with E-state index >= 15 is 0 Å². The molecule has 1 amide bonds. The number of carbonyl (C=O) groups excluding carboxylic acids is 1. The molecule has 76 valence electrons. The van der Waals surface area contributed by atoms with E-state index in [4.69, 9.17) is 10.5 Å². The van der Waals surface area contributed by atoms with Crippen LogP contribution in [-0.4, -0.2) is 13.0 Å². The minimum atomic E-state index is -0.674. The van der Waals surface area contributed by atoms with Crippen LogP contribution in [0.5, 0.6) is 5.75 Å². The molecule has 0 spiro atoms. The molecule has 5 heteroatoms. The number of hydrogen-bond acceptors (Lipinski definition) is 2. The Bertz CT molecular complexity index is 393. The second kappa shape index (κ2) is 3.96. The predicted molar refractivity (Wildman–Crippen MR) is 53.9 cm³/mol.